The molecule has 0 radical (unpaired) electrons. The highest BCUT2D eigenvalue weighted by atomic mass is 16.2. The zero-order valence-corrected chi connectivity index (χ0v) is 12.3. The Morgan fingerprint density at radius 1 is 1.26 bits per heavy atom. The van der Waals surface area contributed by atoms with E-state index in [1.807, 2.05) is 11.8 Å². The van der Waals surface area contributed by atoms with Gasteiger partial charge in [-0.15, -0.1) is 0 Å². The molecular weight excluding hydrogens is 238 g/mol. The Kier molecular flexibility index (Phi) is 3.81. The second-order valence-corrected chi connectivity index (χ2v) is 6.63. The summed E-state index contributed by atoms with van der Waals surface area (Å²) in [6.07, 6.45) is 6.29. The minimum Gasteiger partial charge on any atom is -0.341 e. The molecule has 3 unspecified atom stereocenters. The summed E-state index contributed by atoms with van der Waals surface area (Å²) in [5.41, 5.74) is 0. The molecule has 2 saturated heterocycles. The Bertz CT molecular complexity index is 336. The van der Waals surface area contributed by atoms with Crippen molar-refractivity contribution < 1.29 is 4.79 Å². The summed E-state index contributed by atoms with van der Waals surface area (Å²) in [7, 11) is 0. The van der Waals surface area contributed by atoms with Crippen molar-refractivity contribution >= 4 is 5.91 Å². The third-order valence-electron chi connectivity index (χ3n) is 4.91. The van der Waals surface area contributed by atoms with E-state index in [1.54, 1.807) is 0 Å². The van der Waals surface area contributed by atoms with Gasteiger partial charge in [0.15, 0.2) is 0 Å². The van der Waals surface area contributed by atoms with Gasteiger partial charge in [0.05, 0.1) is 6.04 Å². The van der Waals surface area contributed by atoms with Crippen molar-refractivity contribution in [3.63, 3.8) is 0 Å². The van der Waals surface area contributed by atoms with Gasteiger partial charge in [-0.25, -0.2) is 0 Å². The van der Waals surface area contributed by atoms with Gasteiger partial charge in [-0.3, -0.25) is 9.69 Å². The largest absolute Gasteiger partial charge is 0.341 e. The summed E-state index contributed by atoms with van der Waals surface area (Å²) in [4.78, 5) is 16.9. The summed E-state index contributed by atoms with van der Waals surface area (Å²) >= 11 is 0. The summed E-state index contributed by atoms with van der Waals surface area (Å²) in [5, 5.41) is 3.57. The molecule has 0 aromatic carbocycles. The lowest BCUT2D eigenvalue weighted by Crippen LogP contribution is -2.48. The number of hydrogen-bond acceptors (Lipinski definition) is 3. The van der Waals surface area contributed by atoms with Crippen molar-refractivity contribution in [1.29, 1.82) is 0 Å². The monoisotopic (exact) mass is 265 g/mol. The summed E-state index contributed by atoms with van der Waals surface area (Å²) < 4.78 is 0. The molecular formula is C15H27N3O. The molecule has 1 N–H and O–H groups in total. The number of likely N-dealkylation sites (tertiary alicyclic amines) is 2. The second-order valence-electron chi connectivity index (χ2n) is 6.63. The van der Waals surface area contributed by atoms with E-state index in [0.29, 0.717) is 18.0 Å². The first-order chi connectivity index (χ1) is 9.15. The smallest absolute Gasteiger partial charge is 0.239 e. The van der Waals surface area contributed by atoms with Gasteiger partial charge < -0.3 is 10.2 Å². The molecule has 3 rings (SSSR count). The Morgan fingerprint density at radius 3 is 2.58 bits per heavy atom. The topological polar surface area (TPSA) is 35.6 Å². The molecule has 2 heterocycles. The summed E-state index contributed by atoms with van der Waals surface area (Å²) in [6.45, 7) is 7.40. The molecule has 2 aliphatic heterocycles. The lowest BCUT2D eigenvalue weighted by Gasteiger charge is -2.24. The maximum absolute atomic E-state index is 12.3. The molecule has 0 aromatic heterocycles. The van der Waals surface area contributed by atoms with Gasteiger partial charge in [-0.1, -0.05) is 0 Å². The first kappa shape index (κ1) is 13.4. The molecule has 1 aliphatic carbocycles. The summed E-state index contributed by atoms with van der Waals surface area (Å²) in [6, 6.07) is 2.00. The molecule has 4 heteroatoms. The Morgan fingerprint density at radius 2 is 1.95 bits per heavy atom. The minimum atomic E-state index is -0.0190. The van der Waals surface area contributed by atoms with Crippen LogP contribution in [0.25, 0.3) is 0 Å². The normalized spacial score (nSPS) is 33.9. The number of nitrogens with zero attached hydrogens (tertiary/aromatic N) is 2. The predicted octanol–water partition coefficient (Wildman–Crippen LogP) is 1.21. The van der Waals surface area contributed by atoms with Crippen LogP contribution in [0.2, 0.25) is 0 Å². The fourth-order valence-corrected chi connectivity index (χ4v) is 3.73. The van der Waals surface area contributed by atoms with Crippen molar-refractivity contribution in [3.8, 4) is 0 Å². The number of rotatable bonds is 4. The van der Waals surface area contributed by atoms with Crippen LogP contribution in [0.15, 0.2) is 0 Å². The Labute approximate surface area is 116 Å². The fourth-order valence-electron chi connectivity index (χ4n) is 3.73. The molecule has 0 spiro atoms. The molecule has 3 aliphatic rings. The number of carbonyl (C=O) groups excluding carboxylic acids is 1. The average Bonchev–Trinajstić information content (AvgIpc) is 2.95. The molecule has 19 heavy (non-hydrogen) atoms. The van der Waals surface area contributed by atoms with Crippen LogP contribution in [0, 0.1) is 0 Å². The SMILES string of the molecule is CC(NC1CC(C)N(C2CC2)C1)C(=O)N1CCCC1. The van der Waals surface area contributed by atoms with Gasteiger partial charge in [-0.05, 0) is 46.0 Å². The molecule has 1 amide bonds. The van der Waals surface area contributed by atoms with Gasteiger partial charge in [0.2, 0.25) is 5.91 Å². The highest BCUT2D eigenvalue weighted by Crippen LogP contribution is 2.33. The maximum atomic E-state index is 12.3. The molecule has 3 atom stereocenters. The zero-order chi connectivity index (χ0) is 13.4. The zero-order valence-electron chi connectivity index (χ0n) is 12.3. The van der Waals surface area contributed by atoms with Gasteiger partial charge in [0, 0.05) is 37.8 Å². The standard InChI is InChI=1S/C15H27N3O/c1-11-9-13(10-18(11)14-5-6-14)16-12(2)15(19)17-7-3-4-8-17/h11-14,16H,3-10H2,1-2H3. The van der Waals surface area contributed by atoms with Crippen LogP contribution in [-0.4, -0.2) is 59.5 Å². The van der Waals surface area contributed by atoms with E-state index in [-0.39, 0.29) is 6.04 Å². The Balaban J connectivity index is 1.49. The van der Waals surface area contributed by atoms with Crippen LogP contribution < -0.4 is 5.32 Å². The first-order valence-corrected chi connectivity index (χ1v) is 7.95. The number of nitrogens with one attached hydrogen (secondary N) is 1. The van der Waals surface area contributed by atoms with E-state index in [9.17, 15) is 4.79 Å². The highest BCUT2D eigenvalue weighted by molar-refractivity contribution is 5.81. The van der Waals surface area contributed by atoms with Crippen molar-refractivity contribution in [2.45, 2.75) is 70.1 Å². The third kappa shape index (κ3) is 2.95. The molecule has 4 nitrogen and oxygen atoms in total. The number of amides is 1. The lowest BCUT2D eigenvalue weighted by molar-refractivity contribution is -0.132. The molecule has 3 fully saturated rings. The van der Waals surface area contributed by atoms with Gasteiger partial charge >= 0.3 is 0 Å². The van der Waals surface area contributed by atoms with E-state index in [4.69, 9.17) is 0 Å². The van der Waals surface area contributed by atoms with Crippen LogP contribution >= 0.6 is 0 Å². The van der Waals surface area contributed by atoms with Gasteiger partial charge in [0.1, 0.15) is 0 Å². The van der Waals surface area contributed by atoms with Crippen LogP contribution in [0.5, 0.6) is 0 Å². The van der Waals surface area contributed by atoms with E-state index in [1.165, 1.54) is 32.1 Å². The van der Waals surface area contributed by atoms with Crippen molar-refractivity contribution in [2.24, 2.45) is 0 Å². The number of carbonyl (C=O) groups is 1. The lowest BCUT2D eigenvalue weighted by atomic mass is 10.1. The molecule has 1 saturated carbocycles. The minimum absolute atomic E-state index is 0.0190. The van der Waals surface area contributed by atoms with Crippen LogP contribution in [0.4, 0.5) is 0 Å². The van der Waals surface area contributed by atoms with Crippen molar-refractivity contribution in [3.05, 3.63) is 0 Å². The van der Waals surface area contributed by atoms with E-state index >= 15 is 0 Å². The molecule has 0 bridgehead atoms. The fraction of sp³-hybridized carbons (Fsp3) is 0.933. The Hall–Kier alpha value is -0.610. The molecule has 108 valence electrons. The van der Waals surface area contributed by atoms with E-state index < -0.39 is 0 Å². The quantitative estimate of drug-likeness (QED) is 0.830. The maximum Gasteiger partial charge on any atom is 0.239 e. The van der Waals surface area contributed by atoms with Gasteiger partial charge in [-0.2, -0.15) is 0 Å². The van der Waals surface area contributed by atoms with Crippen molar-refractivity contribution in [2.75, 3.05) is 19.6 Å². The van der Waals surface area contributed by atoms with Crippen LogP contribution in [-0.2, 0) is 4.79 Å². The molecule has 0 aromatic rings. The van der Waals surface area contributed by atoms with Crippen LogP contribution in [0.3, 0.4) is 0 Å². The van der Waals surface area contributed by atoms with E-state index in [2.05, 4.69) is 17.1 Å². The van der Waals surface area contributed by atoms with Gasteiger partial charge in [0.25, 0.3) is 0 Å². The van der Waals surface area contributed by atoms with Crippen molar-refractivity contribution in [1.82, 2.24) is 15.1 Å². The first-order valence-electron chi connectivity index (χ1n) is 7.95. The second kappa shape index (κ2) is 5.41. The third-order valence-corrected chi connectivity index (χ3v) is 4.91. The number of hydrogen-bond donors (Lipinski definition) is 1. The summed E-state index contributed by atoms with van der Waals surface area (Å²) in [5.74, 6) is 0.301. The average molecular weight is 265 g/mol. The van der Waals surface area contributed by atoms with E-state index in [0.717, 1.165) is 25.7 Å². The predicted molar refractivity (Wildman–Crippen MR) is 76.0 cm³/mol. The highest BCUT2D eigenvalue weighted by Gasteiger charge is 2.39. The van der Waals surface area contributed by atoms with Crippen LogP contribution in [0.1, 0.15) is 46.0 Å².